The molecule has 0 fully saturated rings. The maximum Gasteiger partial charge on any atom is 0.200 e. The third kappa shape index (κ3) is 8.40. The fourth-order valence-corrected chi connectivity index (χ4v) is 17.0. The first kappa shape index (κ1) is 57.5. The van der Waals surface area contributed by atoms with Gasteiger partial charge in [0.15, 0.2) is 23.2 Å². The Hall–Kier alpha value is -14.4. The van der Waals surface area contributed by atoms with Crippen molar-refractivity contribution >= 4 is 137 Å². The van der Waals surface area contributed by atoms with E-state index in [1.54, 1.807) is 0 Å². The number of para-hydroxylation sites is 8. The summed E-state index contributed by atoms with van der Waals surface area (Å²) in [5, 5.41) is 13.7. The zero-order valence-electron chi connectivity index (χ0n) is 55.8. The molecule has 0 saturated carbocycles. The molecule has 7 aromatic heterocycles. The Morgan fingerprint density at radius 1 is 0.202 bits per heavy atom. The second-order valence-electron chi connectivity index (χ2n) is 27.0. The molecule has 0 radical (unpaired) electrons. The molecule has 22 aromatic rings. The fourth-order valence-electron chi connectivity index (χ4n) is 17.0. The quantitative estimate of drug-likeness (QED) is 0.135. The van der Waals surface area contributed by atoms with Gasteiger partial charge >= 0.3 is 0 Å². The molecule has 0 bridgehead atoms. The lowest BCUT2D eigenvalue weighted by molar-refractivity contribution is 1.06. The second-order valence-corrected chi connectivity index (χ2v) is 27.0. The van der Waals surface area contributed by atoms with Gasteiger partial charge in [0.2, 0.25) is 0 Å². The van der Waals surface area contributed by atoms with Gasteiger partial charge in [0.05, 0.1) is 84.1 Å². The van der Waals surface area contributed by atoms with E-state index in [1.807, 2.05) is 60.7 Å². The van der Waals surface area contributed by atoms with E-state index in [-0.39, 0.29) is 0 Å². The summed E-state index contributed by atoms with van der Waals surface area (Å²) < 4.78 is 14.5. The molecule has 0 amide bonds. The molecule has 22 rings (SSSR count). The third-order valence-corrected chi connectivity index (χ3v) is 21.5. The Balaban J connectivity index is 0.879. The Kier molecular flexibility index (Phi) is 12.3. The number of aromatic nitrogens is 9. The molecule has 0 saturated heterocycles. The molecule has 0 N–H and O–H groups in total. The zero-order chi connectivity index (χ0) is 68.3. The molecular formula is C94H56N10. The van der Waals surface area contributed by atoms with Gasteiger partial charge in [0.1, 0.15) is 0 Å². The molecule has 7 heterocycles. The van der Waals surface area contributed by atoms with Gasteiger partial charge < -0.3 is 27.4 Å². The topological polar surface area (TPSA) is 72.6 Å². The number of rotatable bonds is 9. The van der Waals surface area contributed by atoms with Gasteiger partial charge in [0, 0.05) is 104 Å². The summed E-state index contributed by atoms with van der Waals surface area (Å²) in [6.45, 7) is 9.45. The summed E-state index contributed by atoms with van der Waals surface area (Å²) in [6.07, 6.45) is 0. The minimum absolute atomic E-state index is 0.383. The molecule has 0 unspecified atom stereocenters. The predicted octanol–water partition coefficient (Wildman–Crippen LogP) is 24.0. The van der Waals surface area contributed by atoms with Crippen LogP contribution in [0.15, 0.2) is 340 Å². The van der Waals surface area contributed by atoms with Crippen molar-refractivity contribution < 1.29 is 0 Å². The van der Waals surface area contributed by atoms with Crippen molar-refractivity contribution in [1.82, 2.24) is 42.4 Å². The van der Waals surface area contributed by atoms with E-state index in [1.165, 1.54) is 43.1 Å². The number of fused-ring (bicyclic) bond motifs is 18. The van der Waals surface area contributed by atoms with Gasteiger partial charge in [-0.3, -0.25) is 0 Å². The van der Waals surface area contributed by atoms with Gasteiger partial charge in [0.25, 0.3) is 0 Å². The predicted molar refractivity (Wildman–Crippen MR) is 428 cm³/mol. The van der Waals surface area contributed by atoms with Gasteiger partial charge in [-0.25, -0.2) is 19.8 Å². The molecule has 0 aliphatic heterocycles. The van der Waals surface area contributed by atoms with Gasteiger partial charge in [-0.2, -0.15) is 0 Å². The van der Waals surface area contributed by atoms with E-state index < -0.39 is 0 Å². The smallest absolute Gasteiger partial charge is 0.200 e. The molecule has 0 aliphatic rings. The van der Waals surface area contributed by atoms with Crippen LogP contribution in [0.25, 0.3) is 204 Å². The summed E-state index contributed by atoms with van der Waals surface area (Å²) in [6, 6.07) is 122. The first-order valence-electron chi connectivity index (χ1n) is 35.1. The average molecular weight is 1330 g/mol. The summed E-state index contributed by atoms with van der Waals surface area (Å²) in [4.78, 5) is 20.5. The number of benzene rings is 15. The zero-order valence-corrected chi connectivity index (χ0v) is 55.8. The summed E-state index contributed by atoms with van der Waals surface area (Å²) in [5.41, 5.74) is 21.3. The van der Waals surface area contributed by atoms with Crippen LogP contribution < -0.4 is 0 Å². The summed E-state index contributed by atoms with van der Waals surface area (Å²) in [7, 11) is 0. The van der Waals surface area contributed by atoms with Crippen molar-refractivity contribution in [3.8, 4) is 68.3 Å². The first-order chi connectivity index (χ1) is 51.6. The second kappa shape index (κ2) is 22.3. The first-order valence-corrected chi connectivity index (χ1v) is 35.1. The van der Waals surface area contributed by atoms with Crippen molar-refractivity contribution in [3.63, 3.8) is 0 Å². The third-order valence-electron chi connectivity index (χ3n) is 21.5. The maximum absolute atomic E-state index is 9.45. The van der Waals surface area contributed by atoms with Crippen LogP contribution in [-0.2, 0) is 0 Å². The monoisotopic (exact) mass is 1320 g/mol. The minimum Gasteiger partial charge on any atom is -0.309 e. The van der Waals surface area contributed by atoms with Crippen LogP contribution in [0.1, 0.15) is 0 Å². The van der Waals surface area contributed by atoms with E-state index in [2.05, 4.69) is 311 Å². The SMILES string of the molecule is [C-]#[N+]c1cc(-n2c3ccc(-n4c5ccccc5c5ccccc54)cc3c3cc(-n4c5ccccc5c5ccccc54)ccc32)c(-n2c3ccc(-n4c5ccccc5c5ccccc54)cc3c3cc(-n4c5ccccc5c5ccccc54)ccc32)cc1-c1nc(-c2ccccc2)nc(-c2ccccc2)n1. The maximum atomic E-state index is 9.45. The van der Waals surface area contributed by atoms with Crippen molar-refractivity contribution in [1.29, 1.82) is 0 Å². The molecule has 482 valence electrons. The lowest BCUT2D eigenvalue weighted by Crippen LogP contribution is -2.06. The molecule has 0 spiro atoms. The standard InChI is InChI=1S/C94H56N10/c1-95-77-57-91(104-88-50-46-62(101-82-40-20-12-32-68(82)69-33-13-21-41-83(69)101)54-74(88)75-55-63(47-51-89(75)104)102-84-42-22-14-34-70(84)71-35-15-23-43-85(71)102)90(56-76(77)94-97-92(58-24-4-2-5-25-58)96-93(98-94)59-26-6-3-7-27-59)103-86-48-44-60(99-78-36-16-8-28-64(78)65-29-9-17-37-79(65)99)52-72(86)73-53-61(45-49-87(73)103)100-80-38-18-10-30-66(80)67-31-11-19-39-81(67)100/h2-57H. The van der Waals surface area contributed by atoms with Crippen LogP contribution in [0.5, 0.6) is 0 Å². The molecule has 10 heteroatoms. The van der Waals surface area contributed by atoms with Gasteiger partial charge in [-0.05, 0) is 133 Å². The van der Waals surface area contributed by atoms with E-state index in [0.29, 0.717) is 28.7 Å². The Morgan fingerprint density at radius 2 is 0.433 bits per heavy atom. The van der Waals surface area contributed by atoms with Gasteiger partial charge in [-0.15, -0.1) is 0 Å². The molecule has 104 heavy (non-hydrogen) atoms. The molecule has 0 atom stereocenters. The van der Waals surface area contributed by atoms with Crippen molar-refractivity contribution in [2.45, 2.75) is 0 Å². The fraction of sp³-hybridized carbons (Fsp3) is 0. The van der Waals surface area contributed by atoms with Crippen molar-refractivity contribution in [2.75, 3.05) is 0 Å². The lowest BCUT2D eigenvalue weighted by Gasteiger charge is -2.20. The minimum atomic E-state index is 0.383. The largest absolute Gasteiger partial charge is 0.309 e. The molecule has 10 nitrogen and oxygen atoms in total. The van der Waals surface area contributed by atoms with Gasteiger partial charge in [-0.1, -0.05) is 206 Å². The highest BCUT2D eigenvalue weighted by Crippen LogP contribution is 2.47. The van der Waals surface area contributed by atoms with E-state index in [9.17, 15) is 6.57 Å². The normalized spacial score (nSPS) is 12.0. The summed E-state index contributed by atoms with van der Waals surface area (Å²) in [5.74, 6) is 1.39. The molecular weight excluding hydrogens is 1270 g/mol. The average Bonchev–Trinajstić information content (AvgIpc) is 1.54. The van der Waals surface area contributed by atoms with Crippen molar-refractivity contribution in [2.24, 2.45) is 0 Å². The van der Waals surface area contributed by atoms with Crippen molar-refractivity contribution in [3.05, 3.63) is 351 Å². The van der Waals surface area contributed by atoms with Crippen LogP contribution in [0, 0.1) is 6.57 Å². The summed E-state index contributed by atoms with van der Waals surface area (Å²) >= 11 is 0. The highest BCUT2D eigenvalue weighted by Gasteiger charge is 2.28. The molecule has 0 aliphatic carbocycles. The highest BCUT2D eigenvalue weighted by atomic mass is 15.1. The number of hydrogen-bond acceptors (Lipinski definition) is 3. The van der Waals surface area contributed by atoms with E-state index >= 15 is 0 Å². The Labute approximate surface area is 594 Å². The van der Waals surface area contributed by atoms with Crippen LogP contribution in [0.4, 0.5) is 5.69 Å². The van der Waals surface area contributed by atoms with Crippen LogP contribution in [0.2, 0.25) is 0 Å². The lowest BCUT2D eigenvalue weighted by atomic mass is 10.1. The van der Waals surface area contributed by atoms with Crippen LogP contribution in [-0.4, -0.2) is 42.4 Å². The van der Waals surface area contributed by atoms with Crippen LogP contribution >= 0.6 is 0 Å². The Morgan fingerprint density at radius 3 is 0.702 bits per heavy atom. The highest BCUT2D eigenvalue weighted by molar-refractivity contribution is 6.17. The van der Waals surface area contributed by atoms with E-state index in [0.717, 1.165) is 133 Å². The number of hydrogen-bond donors (Lipinski definition) is 0. The Bertz CT molecular complexity index is 6820. The molecule has 15 aromatic carbocycles. The van der Waals surface area contributed by atoms with E-state index in [4.69, 9.17) is 15.0 Å². The van der Waals surface area contributed by atoms with Crippen LogP contribution in [0.3, 0.4) is 0 Å². The number of nitrogens with zero attached hydrogens (tertiary/aromatic N) is 10.